The van der Waals surface area contributed by atoms with Crippen molar-refractivity contribution < 1.29 is 14.3 Å². The normalized spacial score (nSPS) is 17.6. The van der Waals surface area contributed by atoms with Crippen molar-refractivity contribution in [2.75, 3.05) is 19.6 Å². The maximum absolute atomic E-state index is 12.0. The topological polar surface area (TPSA) is 58.6 Å². The number of carbonyl (C=O) groups is 2. The smallest absolute Gasteiger partial charge is 0.410 e. The molecule has 0 spiro atoms. The second kappa shape index (κ2) is 7.82. The van der Waals surface area contributed by atoms with Gasteiger partial charge in [0.15, 0.2) is 0 Å². The summed E-state index contributed by atoms with van der Waals surface area (Å²) >= 11 is 0. The Hall–Kier alpha value is -2.04. The molecule has 120 valence electrons. The third kappa shape index (κ3) is 4.76. The number of hydrogen-bond acceptors (Lipinski definition) is 3. The molecule has 1 aliphatic heterocycles. The highest BCUT2D eigenvalue weighted by molar-refractivity contribution is 5.80. The van der Waals surface area contributed by atoms with E-state index in [2.05, 4.69) is 19.2 Å². The highest BCUT2D eigenvalue weighted by atomic mass is 16.6. The SMILES string of the molecule is CC(C)CNC(=O)C1CCN(C(=O)OCc2ccccc2)C1. The van der Waals surface area contributed by atoms with Crippen molar-refractivity contribution in [3.05, 3.63) is 35.9 Å². The van der Waals surface area contributed by atoms with Crippen LogP contribution in [0.5, 0.6) is 0 Å². The number of rotatable bonds is 5. The van der Waals surface area contributed by atoms with E-state index in [-0.39, 0.29) is 24.5 Å². The Morgan fingerprint density at radius 1 is 1.32 bits per heavy atom. The molecule has 1 N–H and O–H groups in total. The summed E-state index contributed by atoms with van der Waals surface area (Å²) in [6.45, 7) is 6.07. The van der Waals surface area contributed by atoms with Gasteiger partial charge < -0.3 is 15.0 Å². The van der Waals surface area contributed by atoms with Crippen LogP contribution >= 0.6 is 0 Å². The second-order valence-corrected chi connectivity index (χ2v) is 6.11. The van der Waals surface area contributed by atoms with Crippen LogP contribution in [0.2, 0.25) is 0 Å². The minimum absolute atomic E-state index is 0.0343. The van der Waals surface area contributed by atoms with Gasteiger partial charge in [-0.3, -0.25) is 4.79 Å². The van der Waals surface area contributed by atoms with Crippen molar-refractivity contribution in [1.82, 2.24) is 10.2 Å². The minimum Gasteiger partial charge on any atom is -0.445 e. The minimum atomic E-state index is -0.344. The molecule has 1 unspecified atom stereocenters. The van der Waals surface area contributed by atoms with Crippen LogP contribution in [0.15, 0.2) is 30.3 Å². The van der Waals surface area contributed by atoms with Crippen LogP contribution in [0.4, 0.5) is 4.79 Å². The molecule has 5 nitrogen and oxygen atoms in total. The van der Waals surface area contributed by atoms with Crippen LogP contribution in [0.3, 0.4) is 0 Å². The summed E-state index contributed by atoms with van der Waals surface area (Å²) in [5.41, 5.74) is 0.960. The maximum Gasteiger partial charge on any atom is 0.410 e. The van der Waals surface area contributed by atoms with Crippen molar-refractivity contribution in [2.24, 2.45) is 11.8 Å². The van der Waals surface area contributed by atoms with Crippen molar-refractivity contribution >= 4 is 12.0 Å². The summed E-state index contributed by atoms with van der Waals surface area (Å²) in [5, 5.41) is 2.92. The first kappa shape index (κ1) is 16.3. The van der Waals surface area contributed by atoms with E-state index in [0.717, 1.165) is 5.56 Å². The van der Waals surface area contributed by atoms with Gasteiger partial charge in [0.25, 0.3) is 0 Å². The van der Waals surface area contributed by atoms with E-state index in [0.29, 0.717) is 32.0 Å². The van der Waals surface area contributed by atoms with E-state index >= 15 is 0 Å². The number of nitrogens with one attached hydrogen (secondary N) is 1. The lowest BCUT2D eigenvalue weighted by molar-refractivity contribution is -0.124. The summed E-state index contributed by atoms with van der Waals surface area (Å²) in [6.07, 6.45) is 0.354. The van der Waals surface area contributed by atoms with Gasteiger partial charge in [0.1, 0.15) is 6.61 Å². The van der Waals surface area contributed by atoms with E-state index in [9.17, 15) is 9.59 Å². The Morgan fingerprint density at radius 3 is 2.73 bits per heavy atom. The monoisotopic (exact) mass is 304 g/mol. The lowest BCUT2D eigenvalue weighted by Crippen LogP contribution is -2.36. The van der Waals surface area contributed by atoms with E-state index in [1.54, 1.807) is 4.90 Å². The van der Waals surface area contributed by atoms with Gasteiger partial charge in [0.2, 0.25) is 5.91 Å². The van der Waals surface area contributed by atoms with Gasteiger partial charge in [-0.25, -0.2) is 4.79 Å². The molecule has 1 aromatic rings. The van der Waals surface area contributed by atoms with Gasteiger partial charge in [0.05, 0.1) is 5.92 Å². The van der Waals surface area contributed by atoms with Gasteiger partial charge in [-0.2, -0.15) is 0 Å². The molecule has 0 radical (unpaired) electrons. The third-order valence-electron chi connectivity index (χ3n) is 3.71. The Labute approximate surface area is 131 Å². The molecular formula is C17H24N2O3. The fraction of sp³-hybridized carbons (Fsp3) is 0.529. The van der Waals surface area contributed by atoms with E-state index < -0.39 is 0 Å². The fourth-order valence-electron chi connectivity index (χ4n) is 2.40. The number of carbonyl (C=O) groups excluding carboxylic acids is 2. The zero-order valence-electron chi connectivity index (χ0n) is 13.2. The molecule has 5 heteroatoms. The van der Waals surface area contributed by atoms with Crippen molar-refractivity contribution in [1.29, 1.82) is 0 Å². The van der Waals surface area contributed by atoms with Gasteiger partial charge >= 0.3 is 6.09 Å². The molecule has 1 aromatic carbocycles. The van der Waals surface area contributed by atoms with Crippen LogP contribution in [-0.4, -0.2) is 36.5 Å². The van der Waals surface area contributed by atoms with E-state index in [4.69, 9.17) is 4.74 Å². The van der Waals surface area contributed by atoms with Crippen LogP contribution in [0.25, 0.3) is 0 Å². The average molecular weight is 304 g/mol. The first-order valence-electron chi connectivity index (χ1n) is 7.79. The maximum atomic E-state index is 12.0. The van der Waals surface area contributed by atoms with Crippen molar-refractivity contribution in [2.45, 2.75) is 26.9 Å². The molecular weight excluding hydrogens is 280 g/mol. The van der Waals surface area contributed by atoms with Gasteiger partial charge in [-0.1, -0.05) is 44.2 Å². The summed E-state index contributed by atoms with van der Waals surface area (Å²) in [7, 11) is 0. The van der Waals surface area contributed by atoms with Crippen molar-refractivity contribution in [3.63, 3.8) is 0 Å². The molecule has 0 aromatic heterocycles. The lowest BCUT2D eigenvalue weighted by Gasteiger charge is -2.16. The van der Waals surface area contributed by atoms with Crippen molar-refractivity contribution in [3.8, 4) is 0 Å². The van der Waals surface area contributed by atoms with Gasteiger partial charge in [-0.05, 0) is 17.9 Å². The Kier molecular flexibility index (Phi) is 5.81. The highest BCUT2D eigenvalue weighted by Gasteiger charge is 2.31. The highest BCUT2D eigenvalue weighted by Crippen LogP contribution is 2.18. The summed E-state index contributed by atoms with van der Waals surface area (Å²) in [4.78, 5) is 25.6. The second-order valence-electron chi connectivity index (χ2n) is 6.11. The number of ether oxygens (including phenoxy) is 1. The molecule has 1 heterocycles. The molecule has 2 rings (SSSR count). The molecule has 0 saturated carbocycles. The Morgan fingerprint density at radius 2 is 2.05 bits per heavy atom. The zero-order chi connectivity index (χ0) is 15.9. The van der Waals surface area contributed by atoms with Crippen LogP contribution < -0.4 is 5.32 Å². The zero-order valence-corrected chi connectivity index (χ0v) is 13.2. The molecule has 22 heavy (non-hydrogen) atoms. The quantitative estimate of drug-likeness (QED) is 0.909. The average Bonchev–Trinajstić information content (AvgIpc) is 3.01. The standard InChI is InChI=1S/C17H24N2O3/c1-13(2)10-18-16(20)15-8-9-19(11-15)17(21)22-12-14-6-4-3-5-7-14/h3-7,13,15H,8-12H2,1-2H3,(H,18,20). The number of benzene rings is 1. The van der Waals surface area contributed by atoms with E-state index in [1.165, 1.54) is 0 Å². The Bertz CT molecular complexity index is 502. The predicted molar refractivity (Wildman–Crippen MR) is 84.2 cm³/mol. The first-order chi connectivity index (χ1) is 10.6. The Balaban J connectivity index is 1.75. The first-order valence-corrected chi connectivity index (χ1v) is 7.79. The number of amides is 2. The van der Waals surface area contributed by atoms with Crippen LogP contribution in [-0.2, 0) is 16.1 Å². The molecule has 0 aliphatic carbocycles. The largest absolute Gasteiger partial charge is 0.445 e. The predicted octanol–water partition coefficient (Wildman–Crippen LogP) is 2.42. The van der Waals surface area contributed by atoms with Crippen LogP contribution in [0, 0.1) is 11.8 Å². The molecule has 1 saturated heterocycles. The third-order valence-corrected chi connectivity index (χ3v) is 3.71. The lowest BCUT2D eigenvalue weighted by atomic mass is 10.1. The molecule has 2 amide bonds. The molecule has 0 bridgehead atoms. The fourth-order valence-corrected chi connectivity index (χ4v) is 2.40. The summed E-state index contributed by atoms with van der Waals surface area (Å²) in [5.74, 6) is 0.340. The molecule has 1 fully saturated rings. The number of nitrogens with zero attached hydrogens (tertiary/aromatic N) is 1. The molecule has 1 aliphatic rings. The summed E-state index contributed by atoms with van der Waals surface area (Å²) in [6, 6.07) is 9.58. The number of likely N-dealkylation sites (tertiary alicyclic amines) is 1. The van der Waals surface area contributed by atoms with Gasteiger partial charge in [0, 0.05) is 19.6 Å². The summed E-state index contributed by atoms with van der Waals surface area (Å²) < 4.78 is 5.29. The van der Waals surface area contributed by atoms with Gasteiger partial charge in [-0.15, -0.1) is 0 Å². The van der Waals surface area contributed by atoms with Crippen LogP contribution in [0.1, 0.15) is 25.8 Å². The van der Waals surface area contributed by atoms with E-state index in [1.807, 2.05) is 30.3 Å². The molecule has 1 atom stereocenters. The number of hydrogen-bond donors (Lipinski definition) is 1.